The van der Waals surface area contributed by atoms with Gasteiger partial charge in [0, 0.05) is 11.3 Å². The van der Waals surface area contributed by atoms with Crippen LogP contribution in [0.4, 0.5) is 0 Å². The van der Waals surface area contributed by atoms with Crippen LogP contribution in [0.3, 0.4) is 0 Å². The van der Waals surface area contributed by atoms with E-state index in [9.17, 15) is 0 Å². The van der Waals surface area contributed by atoms with E-state index in [0.29, 0.717) is 6.04 Å². The zero-order chi connectivity index (χ0) is 10.5. The van der Waals surface area contributed by atoms with E-state index in [0.717, 1.165) is 5.25 Å². The molecular weight excluding hydrogens is 202 g/mol. The van der Waals surface area contributed by atoms with Crippen LogP contribution in [-0.4, -0.2) is 24.1 Å². The average molecular weight is 225 g/mol. The lowest BCUT2D eigenvalue weighted by atomic mass is 9.97. The molecule has 2 aliphatic rings. The number of thioether (sulfide) groups is 1. The standard InChI is InChI=1S/C13H23NS/c1-14-13(12-9-6-10-15-12)11-7-4-2-3-5-8-11/h7,12-14H,2-6,8-10H2,1H3. The van der Waals surface area contributed by atoms with Crippen LogP contribution in [0.1, 0.15) is 44.9 Å². The lowest BCUT2D eigenvalue weighted by Crippen LogP contribution is -2.36. The van der Waals surface area contributed by atoms with Crippen molar-refractivity contribution in [1.29, 1.82) is 0 Å². The molecule has 1 N–H and O–H groups in total. The van der Waals surface area contributed by atoms with Gasteiger partial charge in [0.15, 0.2) is 0 Å². The SMILES string of the molecule is CNC(C1=CCCCCC1)C1CCCS1. The summed E-state index contributed by atoms with van der Waals surface area (Å²) in [6, 6.07) is 0.663. The predicted molar refractivity (Wildman–Crippen MR) is 69.5 cm³/mol. The molecule has 15 heavy (non-hydrogen) atoms. The van der Waals surface area contributed by atoms with Crippen molar-refractivity contribution in [1.82, 2.24) is 5.32 Å². The van der Waals surface area contributed by atoms with E-state index in [1.165, 1.54) is 50.7 Å². The molecule has 0 amide bonds. The Morgan fingerprint density at radius 2 is 2.27 bits per heavy atom. The molecule has 0 bridgehead atoms. The normalized spacial score (nSPS) is 29.7. The monoisotopic (exact) mass is 225 g/mol. The van der Waals surface area contributed by atoms with Crippen molar-refractivity contribution < 1.29 is 0 Å². The third kappa shape index (κ3) is 3.01. The van der Waals surface area contributed by atoms with Gasteiger partial charge in [-0.1, -0.05) is 18.1 Å². The second kappa shape index (κ2) is 5.95. The minimum absolute atomic E-state index is 0.663. The quantitative estimate of drug-likeness (QED) is 0.739. The van der Waals surface area contributed by atoms with Crippen LogP contribution in [0.2, 0.25) is 0 Å². The number of allylic oxidation sites excluding steroid dienone is 1. The van der Waals surface area contributed by atoms with E-state index >= 15 is 0 Å². The molecule has 1 nitrogen and oxygen atoms in total. The fraction of sp³-hybridized carbons (Fsp3) is 0.846. The first-order chi connectivity index (χ1) is 7.42. The van der Waals surface area contributed by atoms with Crippen LogP contribution in [-0.2, 0) is 0 Å². The van der Waals surface area contributed by atoms with Gasteiger partial charge in [0.2, 0.25) is 0 Å². The zero-order valence-electron chi connectivity index (χ0n) is 9.80. The second-order valence-corrected chi connectivity index (χ2v) is 6.04. The summed E-state index contributed by atoms with van der Waals surface area (Å²) >= 11 is 2.17. The summed E-state index contributed by atoms with van der Waals surface area (Å²) in [6.07, 6.45) is 12.2. The lowest BCUT2D eigenvalue weighted by molar-refractivity contribution is 0.563. The summed E-state index contributed by atoms with van der Waals surface area (Å²) in [7, 11) is 2.13. The maximum Gasteiger partial charge on any atom is 0.0397 e. The first-order valence-corrected chi connectivity index (χ1v) is 7.44. The molecule has 0 radical (unpaired) electrons. The van der Waals surface area contributed by atoms with E-state index < -0.39 is 0 Å². The maximum atomic E-state index is 3.55. The molecule has 0 aromatic rings. The summed E-state index contributed by atoms with van der Waals surface area (Å²) in [4.78, 5) is 0. The molecule has 86 valence electrons. The summed E-state index contributed by atoms with van der Waals surface area (Å²) in [5, 5.41) is 4.40. The van der Waals surface area contributed by atoms with Gasteiger partial charge in [0.05, 0.1) is 0 Å². The summed E-state index contributed by atoms with van der Waals surface area (Å²) in [6.45, 7) is 0. The topological polar surface area (TPSA) is 12.0 Å². The average Bonchev–Trinajstić information content (AvgIpc) is 2.63. The van der Waals surface area contributed by atoms with Gasteiger partial charge in [0.1, 0.15) is 0 Å². The van der Waals surface area contributed by atoms with Gasteiger partial charge in [-0.2, -0.15) is 11.8 Å². The molecule has 0 aromatic carbocycles. The molecular formula is C13H23NS. The Morgan fingerprint density at radius 1 is 1.33 bits per heavy atom. The van der Waals surface area contributed by atoms with Crippen molar-refractivity contribution >= 4 is 11.8 Å². The third-order valence-corrected chi connectivity index (χ3v) is 5.08. The van der Waals surface area contributed by atoms with Crippen LogP contribution in [0, 0.1) is 0 Å². The van der Waals surface area contributed by atoms with Crippen LogP contribution in [0.15, 0.2) is 11.6 Å². The van der Waals surface area contributed by atoms with Gasteiger partial charge < -0.3 is 5.32 Å². The van der Waals surface area contributed by atoms with Crippen LogP contribution < -0.4 is 5.32 Å². The van der Waals surface area contributed by atoms with E-state index in [4.69, 9.17) is 0 Å². The highest BCUT2D eigenvalue weighted by Crippen LogP contribution is 2.33. The van der Waals surface area contributed by atoms with Crippen LogP contribution in [0.25, 0.3) is 0 Å². The first kappa shape index (κ1) is 11.5. The number of rotatable bonds is 3. The lowest BCUT2D eigenvalue weighted by Gasteiger charge is -2.25. The Bertz CT molecular complexity index is 219. The Morgan fingerprint density at radius 3 is 3.00 bits per heavy atom. The number of hydrogen-bond acceptors (Lipinski definition) is 2. The van der Waals surface area contributed by atoms with E-state index in [1.807, 2.05) is 0 Å². The highest BCUT2D eigenvalue weighted by molar-refractivity contribution is 8.00. The molecule has 1 heterocycles. The van der Waals surface area contributed by atoms with Crippen molar-refractivity contribution in [2.45, 2.75) is 56.2 Å². The van der Waals surface area contributed by atoms with Gasteiger partial charge in [-0.15, -0.1) is 0 Å². The highest BCUT2D eigenvalue weighted by Gasteiger charge is 2.27. The molecule has 0 saturated carbocycles. The Labute approximate surface area is 98.1 Å². The Hall–Kier alpha value is 0.0500. The maximum absolute atomic E-state index is 3.55. The van der Waals surface area contributed by atoms with Crippen molar-refractivity contribution in [3.8, 4) is 0 Å². The molecule has 2 rings (SSSR count). The van der Waals surface area contributed by atoms with Crippen molar-refractivity contribution in [2.24, 2.45) is 0 Å². The van der Waals surface area contributed by atoms with Gasteiger partial charge in [0.25, 0.3) is 0 Å². The zero-order valence-corrected chi connectivity index (χ0v) is 10.6. The first-order valence-electron chi connectivity index (χ1n) is 6.39. The Kier molecular flexibility index (Phi) is 4.58. The van der Waals surface area contributed by atoms with Gasteiger partial charge in [-0.25, -0.2) is 0 Å². The van der Waals surface area contributed by atoms with E-state index in [-0.39, 0.29) is 0 Å². The van der Waals surface area contributed by atoms with E-state index in [2.05, 4.69) is 30.2 Å². The number of likely N-dealkylation sites (N-methyl/N-ethyl adjacent to an activating group) is 1. The van der Waals surface area contributed by atoms with Crippen LogP contribution >= 0.6 is 11.8 Å². The predicted octanol–water partition coefficient (Wildman–Crippen LogP) is 3.36. The largest absolute Gasteiger partial charge is 0.312 e. The number of hydrogen-bond donors (Lipinski definition) is 1. The molecule has 1 saturated heterocycles. The minimum atomic E-state index is 0.663. The second-order valence-electron chi connectivity index (χ2n) is 4.70. The van der Waals surface area contributed by atoms with Crippen molar-refractivity contribution in [2.75, 3.05) is 12.8 Å². The molecule has 2 atom stereocenters. The van der Waals surface area contributed by atoms with Gasteiger partial charge >= 0.3 is 0 Å². The molecule has 2 heteroatoms. The number of nitrogens with one attached hydrogen (secondary N) is 1. The fourth-order valence-electron chi connectivity index (χ4n) is 2.80. The van der Waals surface area contributed by atoms with Gasteiger partial charge in [-0.05, 0) is 51.3 Å². The summed E-state index contributed by atoms with van der Waals surface area (Å²) in [5.41, 5.74) is 1.70. The third-order valence-electron chi connectivity index (χ3n) is 3.62. The van der Waals surface area contributed by atoms with E-state index in [1.54, 1.807) is 5.57 Å². The highest BCUT2D eigenvalue weighted by atomic mass is 32.2. The molecule has 1 fully saturated rings. The molecule has 2 unspecified atom stereocenters. The van der Waals surface area contributed by atoms with Gasteiger partial charge in [-0.3, -0.25) is 0 Å². The van der Waals surface area contributed by atoms with Crippen molar-refractivity contribution in [3.63, 3.8) is 0 Å². The molecule has 1 aliphatic carbocycles. The Balaban J connectivity index is 2.00. The smallest absolute Gasteiger partial charge is 0.0397 e. The fourth-order valence-corrected chi connectivity index (χ4v) is 4.27. The summed E-state index contributed by atoms with van der Waals surface area (Å²) < 4.78 is 0. The van der Waals surface area contributed by atoms with Crippen LogP contribution in [0.5, 0.6) is 0 Å². The minimum Gasteiger partial charge on any atom is -0.312 e. The molecule has 1 aliphatic heterocycles. The molecule has 0 aromatic heterocycles. The summed E-state index contributed by atoms with van der Waals surface area (Å²) in [5.74, 6) is 1.37. The molecule has 0 spiro atoms. The van der Waals surface area contributed by atoms with Crippen molar-refractivity contribution in [3.05, 3.63) is 11.6 Å².